The summed E-state index contributed by atoms with van der Waals surface area (Å²) in [5.74, 6) is -7.38. The van der Waals surface area contributed by atoms with E-state index in [1.807, 2.05) is 0 Å². The third-order valence-corrected chi connectivity index (χ3v) is 8.57. The molecule has 0 aromatic heterocycles. The van der Waals surface area contributed by atoms with Crippen molar-refractivity contribution in [1.82, 2.24) is 0 Å². The Balaban J connectivity index is 3.69. The van der Waals surface area contributed by atoms with E-state index >= 15 is 0 Å². The Labute approximate surface area is 225 Å². The van der Waals surface area contributed by atoms with Crippen LogP contribution in [0.3, 0.4) is 0 Å². The average molecular weight is 613 g/mol. The van der Waals surface area contributed by atoms with Crippen LogP contribution in [0.4, 0.5) is 52.7 Å². The van der Waals surface area contributed by atoms with Crippen LogP contribution >= 0.6 is 0 Å². The van der Waals surface area contributed by atoms with E-state index < -0.39 is 95.6 Å². The first-order valence-electron chi connectivity index (χ1n) is 12.6. The van der Waals surface area contributed by atoms with Gasteiger partial charge in [0.15, 0.2) is 0 Å². The number of alkyl halides is 12. The third kappa shape index (κ3) is 6.33. The third-order valence-electron chi connectivity index (χ3n) is 8.57. The molecule has 1 N–H and O–H groups in total. The topological polar surface area (TPSA) is 46.5 Å². The van der Waals surface area contributed by atoms with Crippen LogP contribution in [0, 0.1) is 28.1 Å². The molecule has 0 saturated heterocycles. The van der Waals surface area contributed by atoms with Crippen LogP contribution in [-0.2, 0) is 9.53 Å². The molecule has 0 heterocycles. The highest BCUT2D eigenvalue weighted by molar-refractivity contribution is 5.78. The quantitative estimate of drug-likeness (QED) is 0.231. The predicted molar refractivity (Wildman–Crippen MR) is 120 cm³/mol. The van der Waals surface area contributed by atoms with Gasteiger partial charge in [-0.05, 0) is 56.3 Å². The zero-order valence-corrected chi connectivity index (χ0v) is 23.2. The highest BCUT2D eigenvalue weighted by Crippen LogP contribution is 2.60. The van der Waals surface area contributed by atoms with Crippen LogP contribution in [0.1, 0.15) is 87.0 Å². The molecular weight excluding hydrogens is 576 g/mol. The Morgan fingerprint density at radius 3 is 1.30 bits per heavy atom. The van der Waals surface area contributed by atoms with E-state index in [4.69, 9.17) is 0 Å². The lowest BCUT2D eigenvalue weighted by atomic mass is 9.59. The van der Waals surface area contributed by atoms with Gasteiger partial charge in [0, 0.05) is 11.8 Å². The standard InChI is InChI=1S/C25H36F12O3/c1-8-18(5,6)19(7,13-17(2,3)4)16(38)40-21(24(32,33)34,25(35,36)37)15-11-9-14(10-12-15)20(39,22(26,27)28)23(29,30)31/h14-15,39H,8-13H2,1-7H3. The maximum Gasteiger partial charge on any atom is 0.437 e. The minimum atomic E-state index is -6.33. The number of hydrogen-bond acceptors (Lipinski definition) is 3. The van der Waals surface area contributed by atoms with Crippen molar-refractivity contribution in [2.75, 3.05) is 0 Å². The number of carbonyl (C=O) groups excluding carboxylic acids is 1. The molecule has 1 aliphatic carbocycles. The number of hydrogen-bond donors (Lipinski definition) is 1. The van der Waals surface area contributed by atoms with Gasteiger partial charge < -0.3 is 9.84 Å². The van der Waals surface area contributed by atoms with Gasteiger partial charge in [0.2, 0.25) is 0 Å². The van der Waals surface area contributed by atoms with Crippen molar-refractivity contribution in [2.24, 2.45) is 28.1 Å². The summed E-state index contributed by atoms with van der Waals surface area (Å²) in [6, 6.07) is 0. The van der Waals surface area contributed by atoms with Crippen LogP contribution in [0.25, 0.3) is 0 Å². The van der Waals surface area contributed by atoms with E-state index in [0.29, 0.717) is 0 Å². The largest absolute Gasteiger partial charge is 0.439 e. The minimum Gasteiger partial charge on any atom is -0.439 e. The van der Waals surface area contributed by atoms with Crippen molar-refractivity contribution in [3.8, 4) is 0 Å². The molecule has 0 aliphatic heterocycles. The van der Waals surface area contributed by atoms with Crippen molar-refractivity contribution in [2.45, 2.75) is 123 Å². The van der Waals surface area contributed by atoms with Crippen molar-refractivity contribution < 1.29 is 67.3 Å². The summed E-state index contributed by atoms with van der Waals surface area (Å²) in [6.07, 6.45) is -31.3. The Morgan fingerprint density at radius 2 is 1.02 bits per heavy atom. The van der Waals surface area contributed by atoms with Gasteiger partial charge in [-0.3, -0.25) is 4.79 Å². The minimum absolute atomic E-state index is 0.137. The molecule has 1 fully saturated rings. The molecule has 0 spiro atoms. The SMILES string of the molecule is CCC(C)(C)C(C)(CC(C)(C)C)C(=O)OC(C1CCC(C(O)(C(F)(F)F)C(F)(F)F)CC1)(C(F)(F)F)C(F)(F)F. The van der Waals surface area contributed by atoms with Crippen molar-refractivity contribution in [1.29, 1.82) is 0 Å². The van der Waals surface area contributed by atoms with Gasteiger partial charge in [0.05, 0.1) is 5.41 Å². The van der Waals surface area contributed by atoms with E-state index in [9.17, 15) is 62.6 Å². The van der Waals surface area contributed by atoms with E-state index in [1.165, 1.54) is 20.8 Å². The number of aliphatic hydroxyl groups is 1. The molecule has 0 bridgehead atoms. The molecule has 0 aromatic carbocycles. The maximum atomic E-state index is 14.4. The van der Waals surface area contributed by atoms with Crippen molar-refractivity contribution >= 4 is 5.97 Å². The summed E-state index contributed by atoms with van der Waals surface area (Å²) in [4.78, 5) is 13.4. The molecule has 1 saturated carbocycles. The second-order valence-electron chi connectivity index (χ2n) is 12.7. The van der Waals surface area contributed by atoms with E-state index in [-0.39, 0.29) is 12.8 Å². The molecule has 15 heteroatoms. The normalized spacial score (nSPS) is 22.6. The fourth-order valence-corrected chi connectivity index (χ4v) is 5.66. The molecule has 40 heavy (non-hydrogen) atoms. The van der Waals surface area contributed by atoms with Gasteiger partial charge in [-0.25, -0.2) is 0 Å². The first kappa shape index (κ1) is 36.6. The van der Waals surface area contributed by atoms with Gasteiger partial charge in [0.25, 0.3) is 5.60 Å². The van der Waals surface area contributed by atoms with Crippen molar-refractivity contribution in [3.63, 3.8) is 0 Å². The smallest absolute Gasteiger partial charge is 0.437 e. The van der Waals surface area contributed by atoms with Gasteiger partial charge >= 0.3 is 36.3 Å². The second kappa shape index (κ2) is 10.7. The van der Waals surface area contributed by atoms with Crippen LogP contribution in [-0.4, -0.2) is 47.0 Å². The summed E-state index contributed by atoms with van der Waals surface area (Å²) < 4.78 is 171. The maximum absolute atomic E-state index is 14.4. The summed E-state index contributed by atoms with van der Waals surface area (Å²) in [5.41, 5.74) is -14.4. The lowest BCUT2D eigenvalue weighted by Crippen LogP contribution is -2.67. The molecule has 0 amide bonds. The molecule has 1 aliphatic rings. The van der Waals surface area contributed by atoms with E-state index in [0.717, 1.165) is 0 Å². The van der Waals surface area contributed by atoms with Crippen LogP contribution in [0.15, 0.2) is 0 Å². The molecule has 0 aromatic rings. The van der Waals surface area contributed by atoms with E-state index in [1.54, 1.807) is 27.7 Å². The lowest BCUT2D eigenvalue weighted by molar-refractivity contribution is -0.400. The number of ether oxygens (including phenoxy) is 1. The van der Waals surface area contributed by atoms with Crippen LogP contribution in [0.2, 0.25) is 0 Å². The van der Waals surface area contributed by atoms with Crippen LogP contribution < -0.4 is 0 Å². The summed E-state index contributed by atoms with van der Waals surface area (Å²) in [5, 5.41) is 9.61. The molecule has 3 nitrogen and oxygen atoms in total. The Kier molecular flexibility index (Phi) is 9.79. The number of halogens is 12. The van der Waals surface area contributed by atoms with Gasteiger partial charge in [-0.1, -0.05) is 41.5 Å². The average Bonchev–Trinajstić information content (AvgIpc) is 2.72. The Morgan fingerprint density at radius 1 is 0.675 bits per heavy atom. The van der Waals surface area contributed by atoms with E-state index in [2.05, 4.69) is 4.74 Å². The predicted octanol–water partition coefficient (Wildman–Crippen LogP) is 8.93. The summed E-state index contributed by atoms with van der Waals surface area (Å²) in [7, 11) is 0. The van der Waals surface area contributed by atoms with Crippen molar-refractivity contribution in [3.05, 3.63) is 0 Å². The molecule has 1 atom stereocenters. The fourth-order valence-electron chi connectivity index (χ4n) is 5.66. The molecule has 0 radical (unpaired) electrons. The molecule has 1 unspecified atom stereocenters. The van der Waals surface area contributed by atoms with Gasteiger partial charge in [0.1, 0.15) is 0 Å². The second-order valence-corrected chi connectivity index (χ2v) is 12.7. The first-order chi connectivity index (χ1) is 17.4. The Bertz CT molecular complexity index is 857. The number of rotatable bonds is 7. The Hall–Kier alpha value is -1.41. The fraction of sp³-hybridized carbons (Fsp3) is 0.960. The lowest BCUT2D eigenvalue weighted by Gasteiger charge is -2.50. The number of esters is 1. The number of carbonyl (C=O) groups is 1. The molecule has 1 rings (SSSR count). The van der Waals surface area contributed by atoms with Crippen LogP contribution in [0.5, 0.6) is 0 Å². The molecule has 238 valence electrons. The summed E-state index contributed by atoms with van der Waals surface area (Å²) in [6.45, 7) is 10.5. The highest BCUT2D eigenvalue weighted by atomic mass is 19.4. The first-order valence-corrected chi connectivity index (χ1v) is 12.6. The highest BCUT2D eigenvalue weighted by Gasteiger charge is 2.79. The van der Waals surface area contributed by atoms with Gasteiger partial charge in [-0.15, -0.1) is 0 Å². The molecular formula is C25H36F12O3. The zero-order chi connectivity index (χ0) is 32.2. The monoisotopic (exact) mass is 612 g/mol. The van der Waals surface area contributed by atoms with Gasteiger partial charge in [-0.2, -0.15) is 52.7 Å². The zero-order valence-electron chi connectivity index (χ0n) is 23.2. The summed E-state index contributed by atoms with van der Waals surface area (Å²) >= 11 is 0.